The Balaban J connectivity index is 1.53. The van der Waals surface area contributed by atoms with E-state index < -0.39 is 13.6 Å². The van der Waals surface area contributed by atoms with E-state index in [-0.39, 0.29) is 31.1 Å². The van der Waals surface area contributed by atoms with Crippen molar-refractivity contribution in [2.45, 2.75) is 37.9 Å². The number of nitrogens with one attached hydrogen (secondary N) is 1. The second kappa shape index (κ2) is 13.4. The summed E-state index contributed by atoms with van der Waals surface area (Å²) in [6.45, 7) is 0.536. The Kier molecular flexibility index (Phi) is 9.77. The van der Waals surface area contributed by atoms with Gasteiger partial charge in [0.2, 0.25) is 0 Å². The molecule has 1 fully saturated rings. The normalized spacial score (nSPS) is 14.0. The molecule has 1 aliphatic carbocycles. The Morgan fingerprint density at radius 3 is 1.95 bits per heavy atom. The Hall–Kier alpha value is -3.91. The number of hydrogen-bond donors (Lipinski definition) is 3. The number of carbonyl (C=O) groups excluding carboxylic acids is 2. The van der Waals surface area contributed by atoms with Gasteiger partial charge in [0.05, 0.1) is 17.4 Å². The maximum Gasteiger partial charge on any atom is 0.348 e. The highest BCUT2D eigenvalue weighted by atomic mass is 31.2. The second-order valence-corrected chi connectivity index (χ2v) is 11.3. The summed E-state index contributed by atoms with van der Waals surface area (Å²) in [5, 5.41) is 2.94. The van der Waals surface area contributed by atoms with Crippen LogP contribution in [-0.2, 0) is 11.1 Å². The van der Waals surface area contributed by atoms with Gasteiger partial charge in [0, 0.05) is 32.0 Å². The van der Waals surface area contributed by atoms with E-state index in [0.29, 0.717) is 17.9 Å². The summed E-state index contributed by atoms with van der Waals surface area (Å²) in [5.41, 5.74) is 2.37. The number of amides is 4. The molecule has 0 saturated heterocycles. The number of benzene rings is 3. The lowest BCUT2D eigenvalue weighted by molar-refractivity contribution is 0.140. The first-order valence-corrected chi connectivity index (χ1v) is 14.9. The molecule has 1 atom stereocenters. The molecular formula is C30H35N4O5P. The molecule has 0 aromatic heterocycles. The first-order chi connectivity index (χ1) is 19.2. The maximum absolute atomic E-state index is 13.7. The van der Waals surface area contributed by atoms with Crippen LogP contribution in [0.1, 0.15) is 24.8 Å². The van der Waals surface area contributed by atoms with Gasteiger partial charge in [0.15, 0.2) is 0 Å². The van der Waals surface area contributed by atoms with Crippen molar-refractivity contribution in [2.75, 3.05) is 18.5 Å². The fourth-order valence-corrected chi connectivity index (χ4v) is 4.83. The highest BCUT2D eigenvalue weighted by Crippen LogP contribution is 2.36. The van der Waals surface area contributed by atoms with Crippen molar-refractivity contribution in [1.29, 1.82) is 0 Å². The van der Waals surface area contributed by atoms with E-state index >= 15 is 0 Å². The molecule has 0 heterocycles. The van der Waals surface area contributed by atoms with Crippen molar-refractivity contribution >= 4 is 31.0 Å². The summed E-state index contributed by atoms with van der Waals surface area (Å²) in [4.78, 5) is 50.8. The zero-order valence-corrected chi connectivity index (χ0v) is 23.3. The molecule has 10 heteroatoms. The highest BCUT2D eigenvalue weighted by Gasteiger charge is 2.36. The molecule has 3 aromatic carbocycles. The van der Waals surface area contributed by atoms with Gasteiger partial charge in [-0.2, -0.15) is 0 Å². The van der Waals surface area contributed by atoms with Gasteiger partial charge in [-0.3, -0.25) is 9.46 Å². The number of carbonyl (C=O) groups is 2. The van der Waals surface area contributed by atoms with Crippen LogP contribution in [0.4, 0.5) is 21.0 Å². The van der Waals surface area contributed by atoms with Crippen LogP contribution >= 0.6 is 7.60 Å². The van der Waals surface area contributed by atoms with Crippen LogP contribution in [0.15, 0.2) is 103 Å². The minimum Gasteiger partial charge on any atom is -0.335 e. The quantitative estimate of drug-likeness (QED) is 0.260. The van der Waals surface area contributed by atoms with Crippen LogP contribution in [-0.4, -0.2) is 57.3 Å². The van der Waals surface area contributed by atoms with Crippen LogP contribution in [0.5, 0.6) is 0 Å². The predicted molar refractivity (Wildman–Crippen MR) is 156 cm³/mol. The van der Waals surface area contributed by atoms with Gasteiger partial charge in [0.25, 0.3) is 0 Å². The van der Waals surface area contributed by atoms with Crippen molar-refractivity contribution < 1.29 is 23.9 Å². The average Bonchev–Trinajstić information content (AvgIpc) is 3.80. The minimum absolute atomic E-state index is 0.0760. The fourth-order valence-electron chi connectivity index (χ4n) is 4.43. The summed E-state index contributed by atoms with van der Waals surface area (Å²) in [7, 11) is -2.71. The van der Waals surface area contributed by atoms with Crippen LogP contribution in [0.2, 0.25) is 0 Å². The number of nitrogens with zero attached hydrogens (tertiary/aromatic N) is 3. The van der Waals surface area contributed by atoms with Gasteiger partial charge >= 0.3 is 19.7 Å². The van der Waals surface area contributed by atoms with E-state index in [0.717, 1.165) is 24.2 Å². The standard InChI is InChI=1S/C30H35N4O5P/c1-32(30(36)33(25-19-20-25)23-24-12-5-2-6-13-24)28(18-11-21-40(37,38)39)22-31-29(35)34(26-14-7-3-8-15-26)27-16-9-4-10-17-27/h2-17,21,25,28H,18-20,22-23H2,1H3,(H,31,35)(H2,37,38,39)/b21-11+/t28-/m0/s1. The van der Waals surface area contributed by atoms with Crippen LogP contribution in [0, 0.1) is 0 Å². The lowest BCUT2D eigenvalue weighted by Crippen LogP contribution is -2.51. The molecule has 1 saturated carbocycles. The number of para-hydroxylation sites is 2. The van der Waals surface area contributed by atoms with Crippen LogP contribution in [0.3, 0.4) is 0 Å². The van der Waals surface area contributed by atoms with Crippen LogP contribution in [0.25, 0.3) is 0 Å². The molecule has 9 nitrogen and oxygen atoms in total. The number of hydrogen-bond acceptors (Lipinski definition) is 3. The smallest absolute Gasteiger partial charge is 0.335 e. The third kappa shape index (κ3) is 8.29. The van der Waals surface area contributed by atoms with Gasteiger partial charge < -0.3 is 24.9 Å². The van der Waals surface area contributed by atoms with E-state index in [1.165, 1.54) is 6.08 Å². The largest absolute Gasteiger partial charge is 0.348 e. The molecular weight excluding hydrogens is 527 g/mol. The van der Waals surface area contributed by atoms with Crippen molar-refractivity contribution in [1.82, 2.24) is 15.1 Å². The molecule has 0 spiro atoms. The predicted octanol–water partition coefficient (Wildman–Crippen LogP) is 5.70. The van der Waals surface area contributed by atoms with Crippen molar-refractivity contribution in [3.63, 3.8) is 0 Å². The highest BCUT2D eigenvalue weighted by molar-refractivity contribution is 7.55. The fraction of sp³-hybridized carbons (Fsp3) is 0.267. The Morgan fingerprint density at radius 2 is 1.45 bits per heavy atom. The Labute approximate surface area is 234 Å². The minimum atomic E-state index is -4.37. The number of anilines is 2. The molecule has 4 rings (SSSR count). The molecule has 40 heavy (non-hydrogen) atoms. The Morgan fingerprint density at radius 1 is 0.925 bits per heavy atom. The van der Waals surface area contributed by atoms with Crippen molar-refractivity contribution in [3.8, 4) is 0 Å². The number of likely N-dealkylation sites (N-methyl/N-ethyl adjacent to an activating group) is 1. The molecule has 210 valence electrons. The first-order valence-electron chi connectivity index (χ1n) is 13.2. The van der Waals surface area contributed by atoms with Crippen molar-refractivity contribution in [3.05, 3.63) is 108 Å². The molecule has 3 aromatic rings. The summed E-state index contributed by atoms with van der Waals surface area (Å²) in [6, 6.07) is 27.2. The van der Waals surface area contributed by atoms with Gasteiger partial charge in [-0.05, 0) is 49.1 Å². The number of urea groups is 2. The van der Waals surface area contributed by atoms with Gasteiger partial charge in [0.1, 0.15) is 0 Å². The molecule has 0 radical (unpaired) electrons. The van der Waals surface area contributed by atoms with Gasteiger partial charge in [-0.25, -0.2) is 9.59 Å². The van der Waals surface area contributed by atoms with E-state index in [1.807, 2.05) is 95.9 Å². The van der Waals surface area contributed by atoms with E-state index in [9.17, 15) is 23.9 Å². The van der Waals surface area contributed by atoms with E-state index in [2.05, 4.69) is 5.32 Å². The first kappa shape index (κ1) is 29.1. The van der Waals surface area contributed by atoms with E-state index in [4.69, 9.17) is 0 Å². The van der Waals surface area contributed by atoms with Crippen molar-refractivity contribution in [2.24, 2.45) is 0 Å². The molecule has 4 amide bonds. The summed E-state index contributed by atoms with van der Waals surface area (Å²) in [6.07, 6.45) is 3.37. The third-order valence-electron chi connectivity index (χ3n) is 6.71. The summed E-state index contributed by atoms with van der Waals surface area (Å²) >= 11 is 0. The monoisotopic (exact) mass is 562 g/mol. The topological polar surface area (TPSA) is 113 Å². The molecule has 0 aliphatic heterocycles. The van der Waals surface area contributed by atoms with Gasteiger partial charge in [-0.1, -0.05) is 72.8 Å². The molecule has 3 N–H and O–H groups in total. The Bertz CT molecular complexity index is 1290. The molecule has 0 unspecified atom stereocenters. The molecule has 1 aliphatic rings. The summed E-state index contributed by atoms with van der Waals surface area (Å²) in [5.74, 6) is 0.836. The lowest BCUT2D eigenvalue weighted by Gasteiger charge is -2.34. The van der Waals surface area contributed by atoms with Crippen LogP contribution < -0.4 is 10.2 Å². The third-order valence-corrected chi connectivity index (χ3v) is 7.31. The van der Waals surface area contributed by atoms with Gasteiger partial charge in [-0.15, -0.1) is 0 Å². The lowest BCUT2D eigenvalue weighted by atomic mass is 10.1. The maximum atomic E-state index is 13.7. The van der Waals surface area contributed by atoms with E-state index in [1.54, 1.807) is 16.8 Å². The molecule has 0 bridgehead atoms. The number of rotatable bonds is 11. The SMILES string of the molecule is CN(C(=O)N(Cc1ccccc1)C1CC1)[C@@H](C/C=C/P(=O)(O)O)CNC(=O)N(c1ccccc1)c1ccccc1. The zero-order chi connectivity index (χ0) is 28.5. The zero-order valence-electron chi connectivity index (χ0n) is 22.4. The second-order valence-electron chi connectivity index (χ2n) is 9.79. The average molecular weight is 563 g/mol. The summed E-state index contributed by atoms with van der Waals surface area (Å²) < 4.78 is 11.4.